The summed E-state index contributed by atoms with van der Waals surface area (Å²) in [7, 11) is 0. The molecule has 5 nitrogen and oxygen atoms in total. The van der Waals surface area contributed by atoms with Gasteiger partial charge in [-0.05, 0) is 48.4 Å². The Balaban J connectivity index is 0.00000261. The van der Waals surface area contributed by atoms with Gasteiger partial charge in [0, 0.05) is 37.4 Å². The van der Waals surface area contributed by atoms with Crippen LogP contribution in [0, 0.1) is 5.82 Å². The minimum Gasteiger partial charge on any atom is -0.399 e. The molecule has 0 spiro atoms. The molecule has 27 heavy (non-hydrogen) atoms. The normalized spacial score (nSPS) is 14.3. The second-order valence-electron chi connectivity index (χ2n) is 6.45. The molecule has 2 N–H and O–H groups in total. The van der Waals surface area contributed by atoms with Crippen LogP contribution in [0.1, 0.15) is 22.3 Å². The molecule has 1 saturated heterocycles. The number of nitrogens with zero attached hydrogens (tertiary/aromatic N) is 2. The third kappa shape index (κ3) is 5.44. The van der Waals surface area contributed by atoms with Crippen LogP contribution in [0.2, 0.25) is 0 Å². The zero-order valence-electron chi connectivity index (χ0n) is 14.9. The SMILES string of the molecule is Cl.Nc1ccc(CC(=O)N2CCCN(C(=O)c3ccc(F)cc3)CC2)cc1. The minimum absolute atomic E-state index is 0. The van der Waals surface area contributed by atoms with Crippen molar-refractivity contribution in [3.05, 3.63) is 65.5 Å². The lowest BCUT2D eigenvalue weighted by Gasteiger charge is -2.22. The Bertz CT molecular complexity index is 781. The molecule has 0 unspecified atom stereocenters. The molecule has 0 radical (unpaired) electrons. The van der Waals surface area contributed by atoms with E-state index in [0.717, 1.165) is 12.0 Å². The Hall–Kier alpha value is -2.60. The van der Waals surface area contributed by atoms with E-state index in [2.05, 4.69) is 0 Å². The second kappa shape index (κ2) is 9.37. The van der Waals surface area contributed by atoms with Gasteiger partial charge in [0.25, 0.3) is 5.91 Å². The van der Waals surface area contributed by atoms with Crippen LogP contribution < -0.4 is 5.73 Å². The van der Waals surface area contributed by atoms with Gasteiger partial charge in [-0.2, -0.15) is 0 Å². The zero-order valence-corrected chi connectivity index (χ0v) is 15.8. The number of nitrogen functional groups attached to an aromatic ring is 1. The van der Waals surface area contributed by atoms with E-state index in [9.17, 15) is 14.0 Å². The molecule has 2 amide bonds. The van der Waals surface area contributed by atoms with Crippen molar-refractivity contribution in [1.29, 1.82) is 0 Å². The summed E-state index contributed by atoms with van der Waals surface area (Å²) in [6.07, 6.45) is 1.05. The summed E-state index contributed by atoms with van der Waals surface area (Å²) in [4.78, 5) is 28.6. The number of hydrogen-bond donors (Lipinski definition) is 1. The largest absolute Gasteiger partial charge is 0.399 e. The van der Waals surface area contributed by atoms with Crippen molar-refractivity contribution in [1.82, 2.24) is 9.80 Å². The van der Waals surface area contributed by atoms with Gasteiger partial charge in [0.15, 0.2) is 0 Å². The van der Waals surface area contributed by atoms with Crippen molar-refractivity contribution in [2.24, 2.45) is 0 Å². The van der Waals surface area contributed by atoms with E-state index in [1.54, 1.807) is 21.9 Å². The first kappa shape index (κ1) is 20.7. The zero-order chi connectivity index (χ0) is 18.5. The number of rotatable bonds is 3. The Morgan fingerprint density at radius 2 is 1.48 bits per heavy atom. The molecule has 144 valence electrons. The molecule has 0 aromatic heterocycles. The van der Waals surface area contributed by atoms with Crippen molar-refractivity contribution < 1.29 is 14.0 Å². The molecule has 0 bridgehead atoms. The second-order valence-corrected chi connectivity index (χ2v) is 6.45. The molecule has 7 heteroatoms. The van der Waals surface area contributed by atoms with Gasteiger partial charge in [-0.1, -0.05) is 12.1 Å². The fourth-order valence-corrected chi connectivity index (χ4v) is 3.07. The van der Waals surface area contributed by atoms with Gasteiger partial charge < -0.3 is 15.5 Å². The number of anilines is 1. The van der Waals surface area contributed by atoms with Gasteiger partial charge in [0.05, 0.1) is 6.42 Å². The molecular formula is C20H23ClFN3O2. The van der Waals surface area contributed by atoms with Crippen LogP contribution in [-0.4, -0.2) is 47.8 Å². The van der Waals surface area contributed by atoms with Crippen molar-refractivity contribution in [2.45, 2.75) is 12.8 Å². The maximum absolute atomic E-state index is 13.0. The van der Waals surface area contributed by atoms with E-state index in [4.69, 9.17) is 5.73 Å². The van der Waals surface area contributed by atoms with Crippen LogP contribution in [0.15, 0.2) is 48.5 Å². The molecule has 0 saturated carbocycles. The summed E-state index contributed by atoms with van der Waals surface area (Å²) in [5.74, 6) is -0.444. The van der Waals surface area contributed by atoms with Gasteiger partial charge in [-0.25, -0.2) is 4.39 Å². The first-order valence-corrected chi connectivity index (χ1v) is 8.70. The quantitative estimate of drug-likeness (QED) is 0.818. The number of carbonyl (C=O) groups excluding carboxylic acids is 2. The van der Waals surface area contributed by atoms with Gasteiger partial charge in [-0.3, -0.25) is 9.59 Å². The van der Waals surface area contributed by atoms with E-state index in [1.807, 2.05) is 12.1 Å². The molecule has 2 aromatic carbocycles. The maximum atomic E-state index is 13.0. The first-order valence-electron chi connectivity index (χ1n) is 8.70. The fraction of sp³-hybridized carbons (Fsp3) is 0.300. The van der Waals surface area contributed by atoms with E-state index in [1.165, 1.54) is 24.3 Å². The molecule has 1 aliphatic heterocycles. The number of amides is 2. The predicted octanol–water partition coefficient (Wildman–Crippen LogP) is 2.75. The van der Waals surface area contributed by atoms with Crippen LogP contribution in [-0.2, 0) is 11.2 Å². The van der Waals surface area contributed by atoms with Crippen LogP contribution in [0.4, 0.5) is 10.1 Å². The molecule has 1 aliphatic rings. The molecule has 3 rings (SSSR count). The number of benzene rings is 2. The van der Waals surface area contributed by atoms with Crippen molar-refractivity contribution in [3.63, 3.8) is 0 Å². The minimum atomic E-state index is -0.364. The first-order chi connectivity index (χ1) is 12.5. The summed E-state index contributed by atoms with van der Waals surface area (Å²) in [6, 6.07) is 12.8. The molecule has 0 aliphatic carbocycles. The molecule has 0 atom stereocenters. The van der Waals surface area contributed by atoms with E-state index in [-0.39, 0.29) is 30.0 Å². The summed E-state index contributed by atoms with van der Waals surface area (Å²) in [5.41, 5.74) is 7.73. The average molecular weight is 392 g/mol. The lowest BCUT2D eigenvalue weighted by Crippen LogP contribution is -2.38. The van der Waals surface area contributed by atoms with Crippen LogP contribution >= 0.6 is 12.4 Å². The molecule has 1 fully saturated rings. The summed E-state index contributed by atoms with van der Waals surface area (Å²) in [5, 5.41) is 0. The Kier molecular flexibility index (Phi) is 7.19. The fourth-order valence-electron chi connectivity index (χ4n) is 3.07. The molecule has 2 aromatic rings. The molecular weight excluding hydrogens is 369 g/mol. The maximum Gasteiger partial charge on any atom is 0.253 e. The van der Waals surface area contributed by atoms with Crippen molar-refractivity contribution in [2.75, 3.05) is 31.9 Å². The third-order valence-electron chi connectivity index (χ3n) is 4.56. The topological polar surface area (TPSA) is 66.6 Å². The summed E-state index contributed by atoms with van der Waals surface area (Å²) >= 11 is 0. The van der Waals surface area contributed by atoms with Crippen LogP contribution in [0.5, 0.6) is 0 Å². The Morgan fingerprint density at radius 3 is 2.15 bits per heavy atom. The molecule has 1 heterocycles. The number of carbonyl (C=O) groups is 2. The highest BCUT2D eigenvalue weighted by atomic mass is 35.5. The summed E-state index contributed by atoms with van der Waals surface area (Å²) < 4.78 is 13.0. The average Bonchev–Trinajstić information content (AvgIpc) is 2.90. The highest BCUT2D eigenvalue weighted by molar-refractivity contribution is 5.94. The van der Waals surface area contributed by atoms with E-state index < -0.39 is 0 Å². The lowest BCUT2D eigenvalue weighted by molar-refractivity contribution is -0.130. The van der Waals surface area contributed by atoms with E-state index >= 15 is 0 Å². The monoisotopic (exact) mass is 391 g/mol. The lowest BCUT2D eigenvalue weighted by atomic mass is 10.1. The van der Waals surface area contributed by atoms with Gasteiger partial charge >= 0.3 is 0 Å². The number of hydrogen-bond acceptors (Lipinski definition) is 3. The van der Waals surface area contributed by atoms with Gasteiger partial charge in [0.2, 0.25) is 5.91 Å². The van der Waals surface area contributed by atoms with E-state index in [0.29, 0.717) is 43.9 Å². The van der Waals surface area contributed by atoms with Gasteiger partial charge in [0.1, 0.15) is 5.82 Å². The smallest absolute Gasteiger partial charge is 0.253 e. The highest BCUT2D eigenvalue weighted by Crippen LogP contribution is 2.12. The Labute approximate surface area is 164 Å². The van der Waals surface area contributed by atoms with Crippen molar-refractivity contribution in [3.8, 4) is 0 Å². The number of nitrogens with two attached hydrogens (primary N) is 1. The van der Waals surface area contributed by atoms with Crippen LogP contribution in [0.3, 0.4) is 0 Å². The standard InChI is InChI=1S/C20H22FN3O2.ClH/c21-17-6-4-16(5-7-17)20(26)24-11-1-10-23(12-13-24)19(25)14-15-2-8-18(22)9-3-15;/h2-9H,1,10-14,22H2;1H. The third-order valence-corrected chi connectivity index (χ3v) is 4.56. The van der Waals surface area contributed by atoms with Crippen LogP contribution in [0.25, 0.3) is 0 Å². The van der Waals surface area contributed by atoms with Crippen molar-refractivity contribution >= 4 is 29.9 Å². The summed E-state index contributed by atoms with van der Waals surface area (Å²) in [6.45, 7) is 2.19. The van der Waals surface area contributed by atoms with Gasteiger partial charge in [-0.15, -0.1) is 12.4 Å². The predicted molar refractivity (Wildman–Crippen MR) is 105 cm³/mol. The number of halogens is 2. The Morgan fingerprint density at radius 1 is 0.889 bits per heavy atom. The highest BCUT2D eigenvalue weighted by Gasteiger charge is 2.22.